The largest absolute Gasteiger partial charge is 0.508 e. The fourth-order valence-corrected chi connectivity index (χ4v) is 17.0. The maximum absolute atomic E-state index is 16.2. The van der Waals surface area contributed by atoms with Crippen LogP contribution in [-0.4, -0.2) is 208 Å². The molecule has 2 saturated heterocycles. The van der Waals surface area contributed by atoms with Crippen molar-refractivity contribution >= 4 is 92.1 Å². The fraction of sp³-hybridized carbons (Fsp3) is 0.395. The first-order valence-corrected chi connectivity index (χ1v) is 41.1. The van der Waals surface area contributed by atoms with Crippen LogP contribution >= 0.6 is 44.8 Å². The predicted molar refractivity (Wildman–Crippen MR) is 431 cm³/mol. The number of phenols is 3. The number of carboxylic acids is 1. The van der Waals surface area contributed by atoms with Crippen LogP contribution in [0.4, 0.5) is 0 Å². The first-order valence-electron chi connectivity index (χ1n) is 38.0. The molecule has 18 atom stereocenters. The van der Waals surface area contributed by atoms with E-state index in [-0.39, 0.29) is 52.8 Å². The summed E-state index contributed by atoms with van der Waals surface area (Å²) < 4.78 is 45.7. The highest BCUT2D eigenvalue weighted by molar-refractivity contribution is 8.76. The number of nitrogens with one attached hydrogen (secondary N) is 8. The number of fused-ring (bicyclic) bond motifs is 15. The first-order chi connectivity index (χ1) is 57.2. The maximum Gasteiger partial charge on any atom is 0.330 e. The lowest BCUT2D eigenvalue weighted by Gasteiger charge is -2.48. The molecule has 8 heterocycles. The van der Waals surface area contributed by atoms with Crippen molar-refractivity contribution in [2.75, 3.05) is 26.0 Å². The molecule has 640 valence electrons. The van der Waals surface area contributed by atoms with E-state index < -0.39 is 237 Å². The molecular weight excluding hydrogens is 1650 g/mol. The third-order valence-corrected chi connectivity index (χ3v) is 23.8. The molecule has 14 rings (SSSR count). The molecule has 7 aromatic rings. The molecule has 0 saturated carbocycles. The molecule has 11 bridgehead atoms. The van der Waals surface area contributed by atoms with Crippen LogP contribution in [-0.2, 0) is 59.1 Å². The van der Waals surface area contributed by atoms with Gasteiger partial charge < -0.3 is 132 Å². The fourth-order valence-electron chi connectivity index (χ4n) is 14.5. The van der Waals surface area contributed by atoms with Crippen molar-refractivity contribution < 1.29 is 123 Å². The number of hydrogen-bond donors (Lipinski definition) is 19. The van der Waals surface area contributed by atoms with Crippen LogP contribution in [0.5, 0.6) is 51.7 Å². The summed E-state index contributed by atoms with van der Waals surface area (Å²) in [4.78, 5) is 123. The molecule has 7 aliphatic rings. The van der Waals surface area contributed by atoms with E-state index in [2.05, 4.69) is 47.5 Å². The van der Waals surface area contributed by atoms with Gasteiger partial charge in [-0.2, -0.15) is 0 Å². The minimum absolute atomic E-state index is 0.108. The smallest absolute Gasteiger partial charge is 0.330 e. The molecule has 20 N–H and O–H groups in total. The Morgan fingerprint density at radius 2 is 1.41 bits per heavy atom. The van der Waals surface area contributed by atoms with Crippen molar-refractivity contribution in [1.82, 2.24) is 47.5 Å². The van der Waals surface area contributed by atoms with Crippen molar-refractivity contribution in [3.8, 4) is 62.9 Å². The summed E-state index contributed by atoms with van der Waals surface area (Å²) in [6.07, 6.45) is -14.5. The van der Waals surface area contributed by atoms with Gasteiger partial charge in [-0.3, -0.25) is 38.5 Å². The number of benzene rings is 6. The van der Waals surface area contributed by atoms with Gasteiger partial charge in [-0.15, -0.1) is 0 Å². The van der Waals surface area contributed by atoms with Crippen LogP contribution in [0.15, 0.2) is 133 Å². The Balaban J connectivity index is 0.995. The van der Waals surface area contributed by atoms with E-state index in [0.717, 1.165) is 89.4 Å². The quantitative estimate of drug-likeness (QED) is 0.0309. The van der Waals surface area contributed by atoms with Gasteiger partial charge in [-0.1, -0.05) is 89.0 Å². The number of hydrogen-bond acceptors (Lipinski definition) is 29. The number of carbonyl (C=O) groups excluding carboxylic acids is 7. The van der Waals surface area contributed by atoms with Gasteiger partial charge in [-0.25, -0.2) is 4.79 Å². The van der Waals surface area contributed by atoms with Gasteiger partial charge in [0.25, 0.3) is 0 Å². The van der Waals surface area contributed by atoms with E-state index in [0.29, 0.717) is 12.4 Å². The zero-order valence-electron chi connectivity index (χ0n) is 64.9. The van der Waals surface area contributed by atoms with E-state index >= 15 is 14.4 Å². The van der Waals surface area contributed by atoms with Crippen molar-refractivity contribution in [1.29, 1.82) is 0 Å². The molecule has 7 amide bonds. The summed E-state index contributed by atoms with van der Waals surface area (Å²) in [6, 6.07) is 10.5. The Bertz CT molecular complexity index is 4990. The lowest BCUT2D eigenvalue weighted by Crippen LogP contribution is -2.65. The molecule has 39 heteroatoms. The summed E-state index contributed by atoms with van der Waals surface area (Å²) in [5.74, 6) is -14.7. The van der Waals surface area contributed by atoms with Crippen LogP contribution in [0.2, 0.25) is 10.0 Å². The molecular formula is C81H90Cl2N10O25S2. The second kappa shape index (κ2) is 38.6. The number of nitrogens with zero attached hydrogens (tertiary/aromatic N) is 1. The number of ether oxygens (including phenoxy) is 7. The van der Waals surface area contributed by atoms with Crippen LogP contribution in [0.25, 0.3) is 11.1 Å². The van der Waals surface area contributed by atoms with Crippen LogP contribution in [0, 0.1) is 5.92 Å². The zero-order chi connectivity index (χ0) is 86.3. The molecule has 0 aliphatic carbocycles. The summed E-state index contributed by atoms with van der Waals surface area (Å²) in [7, 11) is 4.77. The number of aromatic nitrogens is 1. The molecule has 0 radical (unpaired) electrons. The van der Waals surface area contributed by atoms with Gasteiger partial charge in [0.1, 0.15) is 95.2 Å². The number of aromatic hydroxyl groups is 3. The zero-order valence-corrected chi connectivity index (χ0v) is 68.0. The number of likely N-dealkylation sites (N-methyl/N-ethyl adjacent to an activating group) is 1. The van der Waals surface area contributed by atoms with E-state index in [1.807, 2.05) is 50.2 Å². The first kappa shape index (κ1) is 88.9. The number of aliphatic hydroxyl groups excluding tert-OH is 6. The number of phenolic OH excluding ortho intramolecular Hbond substituents is 3. The van der Waals surface area contributed by atoms with Gasteiger partial charge in [0, 0.05) is 64.3 Å². The normalized spacial score (nSPS) is 26.6. The van der Waals surface area contributed by atoms with Crippen LogP contribution in [0.3, 0.4) is 0 Å². The maximum atomic E-state index is 16.2. The summed E-state index contributed by atoms with van der Waals surface area (Å²) >= 11 is 14.3. The molecule has 0 spiro atoms. The van der Waals surface area contributed by atoms with Crippen molar-refractivity contribution in [2.24, 2.45) is 11.7 Å². The van der Waals surface area contributed by atoms with Crippen LogP contribution < -0.4 is 67.2 Å². The third kappa shape index (κ3) is 20.5. The highest BCUT2D eigenvalue weighted by atomic mass is 35.5. The van der Waals surface area contributed by atoms with E-state index in [1.165, 1.54) is 19.2 Å². The lowest BCUT2D eigenvalue weighted by molar-refractivity contribution is -0.334. The number of amides is 7. The predicted octanol–water partition coefficient (Wildman–Crippen LogP) is 4.54. The average Bonchev–Trinajstić information content (AvgIpc) is 0.765. The standard InChI is InChI=1S/C81H90Cl2N10O25S2/c1-35(2)21-49(85-5)73(104)92-64-66(99)39-13-16-53(47(82)24-39)114-55-26-41-27-56(70(55)118-80-71(69(102)68(101)57(34-94)116-80)117-59-31-81(4,72(103)36(3)113-59)87-32-37-9-6-10-43(22-37)112-19-8-20-119-120-44-11-7-18-86-33-44)115-54-17-14-40(25-48(54)83)67(100)65-78(109)91-63(79(110)111)46-28-42(95)29-52(97)60(46)45-23-38(12-15-51(45)96)61(75(106)93-65)90-76(107)62(41)89-74(105)50(30-58(84)98)88-77(64)108/h6-7,9-18,22-29,33,35-36,49-50,57,59,61-69,71-72,80,85,87,94-97,99-103H,8,19-21,30-32,34H2,1-5H3,(H2,84,98)(H,88,108)(H,89,105)(H,90,107)(H,91,109)(H,92,104)(H,93,106)(H,110,111)/t36-,49+,50-,57+,59-,61+,62+,63-,64+,65-,66+,67+,68+,69-,71+,72+,80-,81-/m0/s1. The second-order valence-corrected chi connectivity index (χ2v) is 33.2. The lowest BCUT2D eigenvalue weighted by atomic mass is 9.84. The number of primary amides is 1. The van der Waals surface area contributed by atoms with Gasteiger partial charge in [-0.05, 0) is 146 Å². The Morgan fingerprint density at radius 3 is 2.06 bits per heavy atom. The number of halogens is 2. The van der Waals surface area contributed by atoms with E-state index in [9.17, 15) is 75.0 Å². The number of aliphatic carboxylic acids is 1. The van der Waals surface area contributed by atoms with E-state index in [1.54, 1.807) is 47.8 Å². The Kier molecular flexibility index (Phi) is 28.6. The Morgan fingerprint density at radius 1 is 0.733 bits per heavy atom. The molecule has 35 nitrogen and oxygen atoms in total. The minimum Gasteiger partial charge on any atom is -0.508 e. The highest BCUT2D eigenvalue weighted by Gasteiger charge is 2.52. The number of carbonyl (C=O) groups is 8. The number of rotatable bonds is 23. The minimum atomic E-state index is -2.37. The van der Waals surface area contributed by atoms with Gasteiger partial charge in [0.15, 0.2) is 29.9 Å². The van der Waals surface area contributed by atoms with Crippen LogP contribution in [0.1, 0.15) is 117 Å². The molecule has 2 fully saturated rings. The van der Waals surface area contributed by atoms with Crippen molar-refractivity contribution in [2.45, 2.75) is 174 Å². The Labute approximate surface area is 704 Å². The number of carboxylic acid groups (broad SMARTS) is 1. The number of nitrogens with two attached hydrogens (primary N) is 1. The highest BCUT2D eigenvalue weighted by Crippen LogP contribution is 2.50. The summed E-state index contributed by atoms with van der Waals surface area (Å²) in [5, 5.41) is 137. The summed E-state index contributed by atoms with van der Waals surface area (Å²) in [6.45, 7) is 6.54. The number of aliphatic hydroxyl groups is 6. The molecule has 0 unspecified atom stereocenters. The number of pyridine rings is 1. The molecule has 1 aromatic heterocycles. The van der Waals surface area contributed by atoms with Gasteiger partial charge in [0.05, 0.1) is 47.9 Å². The molecule has 6 aromatic carbocycles. The molecule has 7 aliphatic heterocycles. The van der Waals surface area contributed by atoms with Crippen molar-refractivity contribution in [3.63, 3.8) is 0 Å². The average molecular weight is 1740 g/mol. The SMILES string of the molecule is CN[C@H](CC(C)C)C(=O)N[C@H]1C(=O)N[C@@H](CC(N)=O)C(=O)N[C@H]2C(=O)N[C@H]3C(=O)N[C@H](C(=O)N[C@H](C(=O)O)c4cc(O)cc(O)c4-c4cc3ccc4O)[C@H](O)c3ccc(c(Cl)c3)Oc3cc2cc(c3O[C@@H]2O[C@H](CO)[C@@H](O)[C@H](O)[C@H]2O[C@H]2C[C@](C)(NCc3cccc(OCCCSSc4cccnc4)c3)[C@H](O)[C@H](C)O2)Oc2ccc(cc2Cl)[C@H]1O. The van der Waals surface area contributed by atoms with Gasteiger partial charge in [0.2, 0.25) is 53.4 Å². The van der Waals surface area contributed by atoms with Gasteiger partial charge >= 0.3 is 5.97 Å². The topological polar surface area (TPSA) is 539 Å². The monoisotopic (exact) mass is 1740 g/mol. The third-order valence-electron chi connectivity index (χ3n) is 20.8. The van der Waals surface area contributed by atoms with Crippen molar-refractivity contribution in [3.05, 3.63) is 171 Å². The van der Waals surface area contributed by atoms with E-state index in [4.69, 9.17) is 62.1 Å². The Hall–Kier alpha value is -10.3. The summed E-state index contributed by atoms with van der Waals surface area (Å²) in [5.41, 5.74) is 2.44. The molecule has 120 heavy (non-hydrogen) atoms. The second-order valence-electron chi connectivity index (χ2n) is 29.9.